The van der Waals surface area contributed by atoms with Crippen molar-refractivity contribution in [3.63, 3.8) is 0 Å². The number of thioether (sulfide) groups is 1. The number of alkyl halides is 6. The van der Waals surface area contributed by atoms with Crippen molar-refractivity contribution in [2.45, 2.75) is 24.9 Å². The summed E-state index contributed by atoms with van der Waals surface area (Å²) in [5, 5.41) is 5.32. The Labute approximate surface area is 204 Å². The van der Waals surface area contributed by atoms with Gasteiger partial charge in [0.05, 0.1) is 34.3 Å². The summed E-state index contributed by atoms with van der Waals surface area (Å²) in [6.45, 7) is 0.888. The number of likely N-dealkylation sites (tertiary alicyclic amines) is 1. The van der Waals surface area contributed by atoms with Gasteiger partial charge in [-0.1, -0.05) is 12.1 Å². The maximum Gasteiger partial charge on any atom is 0.416 e. The van der Waals surface area contributed by atoms with E-state index in [4.69, 9.17) is 5.73 Å². The van der Waals surface area contributed by atoms with E-state index in [-0.39, 0.29) is 30.1 Å². The van der Waals surface area contributed by atoms with E-state index >= 15 is 0 Å². The molecule has 6 nitrogen and oxygen atoms in total. The topological polar surface area (TPSA) is 76.5 Å². The van der Waals surface area contributed by atoms with Crippen LogP contribution in [0.5, 0.6) is 0 Å². The molecule has 2 aromatic carbocycles. The lowest BCUT2D eigenvalue weighted by Crippen LogP contribution is -2.56. The number of carbonyl (C=O) groups is 1. The highest BCUT2D eigenvalue weighted by Gasteiger charge is 2.38. The van der Waals surface area contributed by atoms with E-state index in [0.717, 1.165) is 6.07 Å². The molecule has 0 bridgehead atoms. The first-order chi connectivity index (χ1) is 16.9. The standard InChI is InChI=1S/C23H17F6N5OS/c24-22(25,26)15-3-2-13(17(7-15)23(27,28)29)9-34-18-4-1-12(5-14(18)8-31-34)6-19-20(35)32-21(36-19)33-10-16(30)11-33/h1-8,16H,9-11,30H2. The molecule has 1 aromatic heterocycles. The lowest BCUT2D eigenvalue weighted by atomic mass is 10.0. The van der Waals surface area contributed by atoms with Crippen molar-refractivity contribution in [1.29, 1.82) is 0 Å². The molecule has 36 heavy (non-hydrogen) atoms. The zero-order chi connectivity index (χ0) is 25.8. The van der Waals surface area contributed by atoms with Crippen LogP contribution in [0, 0.1) is 0 Å². The van der Waals surface area contributed by atoms with Crippen molar-refractivity contribution in [2.24, 2.45) is 10.7 Å². The summed E-state index contributed by atoms with van der Waals surface area (Å²) in [5.41, 5.74) is 3.86. The van der Waals surface area contributed by atoms with Crippen molar-refractivity contribution in [2.75, 3.05) is 13.1 Å². The Balaban J connectivity index is 1.39. The molecule has 5 rings (SSSR count). The van der Waals surface area contributed by atoms with Gasteiger partial charge in [0.25, 0.3) is 5.91 Å². The van der Waals surface area contributed by atoms with Crippen LogP contribution >= 0.6 is 11.8 Å². The number of aromatic nitrogens is 2. The molecule has 0 atom stereocenters. The third-order valence-electron chi connectivity index (χ3n) is 5.82. The number of aliphatic imine (C=N–C) groups is 1. The zero-order valence-corrected chi connectivity index (χ0v) is 19.1. The lowest BCUT2D eigenvalue weighted by Gasteiger charge is -2.37. The molecule has 0 spiro atoms. The Morgan fingerprint density at radius 1 is 1.06 bits per heavy atom. The number of hydrogen-bond donors (Lipinski definition) is 1. The van der Waals surface area contributed by atoms with Gasteiger partial charge in [-0.3, -0.25) is 9.48 Å². The first-order valence-corrected chi connectivity index (χ1v) is 11.5. The van der Waals surface area contributed by atoms with Gasteiger partial charge in [0, 0.05) is 24.5 Å². The number of amides is 1. The predicted molar refractivity (Wildman–Crippen MR) is 123 cm³/mol. The molecule has 188 valence electrons. The minimum absolute atomic E-state index is 0.0603. The van der Waals surface area contributed by atoms with Gasteiger partial charge in [-0.2, -0.15) is 36.4 Å². The summed E-state index contributed by atoms with van der Waals surface area (Å²) in [5.74, 6) is -0.367. The van der Waals surface area contributed by atoms with E-state index in [1.165, 1.54) is 22.6 Å². The van der Waals surface area contributed by atoms with Crippen molar-refractivity contribution in [3.8, 4) is 0 Å². The Bertz CT molecular complexity index is 1420. The average Bonchev–Trinajstić information content (AvgIpc) is 3.33. The van der Waals surface area contributed by atoms with Gasteiger partial charge < -0.3 is 10.6 Å². The second-order valence-corrected chi connectivity index (χ2v) is 9.47. The van der Waals surface area contributed by atoms with E-state index in [0.29, 0.717) is 45.7 Å². The van der Waals surface area contributed by atoms with Crippen LogP contribution in [0.15, 0.2) is 52.5 Å². The molecule has 2 aliphatic rings. The summed E-state index contributed by atoms with van der Waals surface area (Å²) in [6, 6.07) is 6.65. The monoisotopic (exact) mass is 525 g/mol. The number of rotatable bonds is 3. The number of amidine groups is 1. The minimum Gasteiger partial charge on any atom is -0.348 e. The second kappa shape index (κ2) is 8.66. The first kappa shape index (κ1) is 24.4. The van der Waals surface area contributed by atoms with Gasteiger partial charge in [-0.05, 0) is 53.2 Å². The normalized spacial score (nSPS) is 18.3. The smallest absolute Gasteiger partial charge is 0.348 e. The minimum atomic E-state index is -4.97. The Kier molecular flexibility index (Phi) is 5.86. The van der Waals surface area contributed by atoms with E-state index in [9.17, 15) is 31.1 Å². The molecule has 1 saturated heterocycles. The highest BCUT2D eigenvalue weighted by molar-refractivity contribution is 8.18. The van der Waals surface area contributed by atoms with Crippen LogP contribution in [0.25, 0.3) is 17.0 Å². The van der Waals surface area contributed by atoms with Gasteiger partial charge in [-0.15, -0.1) is 0 Å². The van der Waals surface area contributed by atoms with E-state index < -0.39 is 23.5 Å². The molecule has 13 heteroatoms. The summed E-state index contributed by atoms with van der Waals surface area (Å²) in [7, 11) is 0. The van der Waals surface area contributed by atoms with Crippen molar-refractivity contribution >= 4 is 39.8 Å². The number of nitrogens with zero attached hydrogens (tertiary/aromatic N) is 4. The predicted octanol–water partition coefficient (Wildman–Crippen LogP) is 4.74. The third kappa shape index (κ3) is 4.72. The zero-order valence-electron chi connectivity index (χ0n) is 18.3. The highest BCUT2D eigenvalue weighted by atomic mass is 32.2. The molecule has 0 unspecified atom stereocenters. The molecule has 1 fully saturated rings. The van der Waals surface area contributed by atoms with Crippen molar-refractivity contribution in [3.05, 3.63) is 69.8 Å². The van der Waals surface area contributed by atoms with Gasteiger partial charge in [0.15, 0.2) is 5.17 Å². The van der Waals surface area contributed by atoms with Crippen LogP contribution in [-0.2, 0) is 23.7 Å². The highest BCUT2D eigenvalue weighted by Crippen LogP contribution is 2.38. The average molecular weight is 525 g/mol. The molecule has 3 heterocycles. The fourth-order valence-corrected chi connectivity index (χ4v) is 4.92. The molecule has 0 saturated carbocycles. The Hall–Kier alpha value is -3.32. The van der Waals surface area contributed by atoms with Gasteiger partial charge in [-0.25, -0.2) is 0 Å². The summed E-state index contributed by atoms with van der Waals surface area (Å²) < 4.78 is 80.7. The number of halogens is 6. The molecular formula is C23H17F6N5OS. The largest absolute Gasteiger partial charge is 0.416 e. The van der Waals surface area contributed by atoms with Crippen LogP contribution in [-0.4, -0.2) is 44.9 Å². The first-order valence-electron chi connectivity index (χ1n) is 10.6. The quantitative estimate of drug-likeness (QED) is 0.395. The van der Waals surface area contributed by atoms with Gasteiger partial charge in [0.2, 0.25) is 0 Å². The van der Waals surface area contributed by atoms with Gasteiger partial charge >= 0.3 is 12.4 Å². The van der Waals surface area contributed by atoms with Crippen molar-refractivity contribution < 1.29 is 31.1 Å². The molecule has 1 amide bonds. The summed E-state index contributed by atoms with van der Waals surface area (Å²) in [4.78, 5) is 18.7. The van der Waals surface area contributed by atoms with Gasteiger partial charge in [0.1, 0.15) is 0 Å². The number of fused-ring (bicyclic) bond motifs is 1. The number of nitrogens with two attached hydrogens (primary N) is 1. The van der Waals surface area contributed by atoms with Crippen LogP contribution in [0.4, 0.5) is 26.3 Å². The van der Waals surface area contributed by atoms with E-state index in [1.807, 2.05) is 4.90 Å². The van der Waals surface area contributed by atoms with Crippen molar-refractivity contribution in [1.82, 2.24) is 14.7 Å². The Morgan fingerprint density at radius 3 is 2.47 bits per heavy atom. The Morgan fingerprint density at radius 2 is 1.81 bits per heavy atom. The summed E-state index contributed by atoms with van der Waals surface area (Å²) >= 11 is 1.24. The van der Waals surface area contributed by atoms with Crippen LogP contribution in [0.1, 0.15) is 22.3 Å². The molecule has 2 N–H and O–H groups in total. The lowest BCUT2D eigenvalue weighted by molar-refractivity contribution is -0.143. The number of benzene rings is 2. The van der Waals surface area contributed by atoms with Crippen LogP contribution in [0.3, 0.4) is 0 Å². The maximum atomic E-state index is 13.5. The SMILES string of the molecule is NC1CN(C2=NC(=O)C(=Cc3ccc4c(cnn4Cc4ccc(C(F)(F)F)cc4C(F)(F)F)c3)S2)C1. The van der Waals surface area contributed by atoms with E-state index in [1.54, 1.807) is 24.3 Å². The third-order valence-corrected chi connectivity index (χ3v) is 6.86. The fourth-order valence-electron chi connectivity index (χ4n) is 3.99. The van der Waals surface area contributed by atoms with E-state index in [2.05, 4.69) is 10.1 Å². The van der Waals surface area contributed by atoms with Crippen LogP contribution in [0.2, 0.25) is 0 Å². The van der Waals surface area contributed by atoms with Crippen LogP contribution < -0.4 is 5.73 Å². The summed E-state index contributed by atoms with van der Waals surface area (Å²) in [6.07, 6.45) is -6.75. The fraction of sp³-hybridized carbons (Fsp3) is 0.261. The maximum absolute atomic E-state index is 13.5. The molecule has 2 aliphatic heterocycles. The molecule has 0 aliphatic carbocycles. The molecule has 0 radical (unpaired) electrons. The molecule has 3 aromatic rings. The number of hydrogen-bond acceptors (Lipinski definition) is 5. The number of carbonyl (C=O) groups excluding carboxylic acids is 1. The second-order valence-electron chi connectivity index (χ2n) is 8.46. The molecular weight excluding hydrogens is 508 g/mol.